The van der Waals surface area contributed by atoms with E-state index in [1.54, 1.807) is 12.1 Å². The highest BCUT2D eigenvalue weighted by Gasteiger charge is 2.21. The van der Waals surface area contributed by atoms with Gasteiger partial charge in [0.05, 0.1) is 5.69 Å². The molecule has 0 spiro atoms. The third kappa shape index (κ3) is 6.26. The highest BCUT2D eigenvalue weighted by atomic mass is 19.1. The first-order valence-corrected chi connectivity index (χ1v) is 11.7. The van der Waals surface area contributed by atoms with Crippen LogP contribution in [0.4, 0.5) is 19.3 Å². The third-order valence-electron chi connectivity index (χ3n) is 5.27. The van der Waals surface area contributed by atoms with Gasteiger partial charge in [0.25, 0.3) is 5.89 Å². The normalized spacial score (nSPS) is 11.9. The van der Waals surface area contributed by atoms with Crippen LogP contribution in [0, 0.1) is 5.82 Å². The number of rotatable bonds is 10. The summed E-state index contributed by atoms with van der Waals surface area (Å²) in [5.41, 5.74) is 1.07. The zero-order chi connectivity index (χ0) is 26.4. The van der Waals surface area contributed by atoms with Crippen LogP contribution in [0.2, 0.25) is 0 Å². The SMILES string of the molecule is CCC(Oc1ccc(-c2noc(C(C)C)n2)cc1)c1nc(-c2ccc(NC(=O)NCCF)c(F)c2)no1. The largest absolute Gasteiger partial charge is 0.481 e. The van der Waals surface area contributed by atoms with Gasteiger partial charge in [-0.2, -0.15) is 9.97 Å². The lowest BCUT2D eigenvalue weighted by atomic mass is 10.2. The molecule has 0 bridgehead atoms. The zero-order valence-electron chi connectivity index (χ0n) is 20.5. The Morgan fingerprint density at radius 3 is 2.27 bits per heavy atom. The fourth-order valence-electron chi connectivity index (χ4n) is 3.31. The van der Waals surface area contributed by atoms with Crippen molar-refractivity contribution in [1.82, 2.24) is 25.6 Å². The molecule has 0 aliphatic rings. The third-order valence-corrected chi connectivity index (χ3v) is 5.27. The van der Waals surface area contributed by atoms with Gasteiger partial charge in [-0.15, -0.1) is 0 Å². The Morgan fingerprint density at radius 1 is 1.00 bits per heavy atom. The van der Waals surface area contributed by atoms with E-state index in [0.29, 0.717) is 29.4 Å². The van der Waals surface area contributed by atoms with Crippen LogP contribution in [0.1, 0.15) is 51.0 Å². The molecule has 2 aromatic heterocycles. The summed E-state index contributed by atoms with van der Waals surface area (Å²) in [4.78, 5) is 20.4. The minimum Gasteiger partial charge on any atom is -0.481 e. The number of alkyl halides is 1. The summed E-state index contributed by atoms with van der Waals surface area (Å²) in [5, 5.41) is 12.5. The highest BCUT2D eigenvalue weighted by molar-refractivity contribution is 5.89. The lowest BCUT2D eigenvalue weighted by Crippen LogP contribution is -2.30. The van der Waals surface area contributed by atoms with E-state index < -0.39 is 24.6 Å². The predicted molar refractivity (Wildman–Crippen MR) is 130 cm³/mol. The summed E-state index contributed by atoms with van der Waals surface area (Å²) < 4.78 is 43.3. The molecule has 2 heterocycles. The van der Waals surface area contributed by atoms with E-state index in [4.69, 9.17) is 13.8 Å². The van der Waals surface area contributed by atoms with Gasteiger partial charge in [0.15, 0.2) is 6.10 Å². The maximum Gasteiger partial charge on any atom is 0.319 e. The molecule has 1 unspecified atom stereocenters. The van der Waals surface area contributed by atoms with Crippen molar-refractivity contribution in [1.29, 1.82) is 0 Å². The molecule has 1 atom stereocenters. The summed E-state index contributed by atoms with van der Waals surface area (Å²) in [5.74, 6) is 1.47. The summed E-state index contributed by atoms with van der Waals surface area (Å²) in [6.07, 6.45) is 0.00629. The van der Waals surface area contributed by atoms with Crippen molar-refractivity contribution < 1.29 is 27.4 Å². The van der Waals surface area contributed by atoms with Gasteiger partial charge in [-0.1, -0.05) is 31.1 Å². The Bertz CT molecular complexity index is 1340. The molecule has 37 heavy (non-hydrogen) atoms. The molecule has 4 rings (SSSR count). The number of urea groups is 1. The van der Waals surface area contributed by atoms with E-state index in [1.807, 2.05) is 32.9 Å². The van der Waals surface area contributed by atoms with Gasteiger partial charge >= 0.3 is 6.03 Å². The number of carbonyl (C=O) groups excluding carboxylic acids is 1. The van der Waals surface area contributed by atoms with Gasteiger partial charge in [-0.25, -0.2) is 13.6 Å². The number of hydrogen-bond donors (Lipinski definition) is 2. The first-order chi connectivity index (χ1) is 17.9. The van der Waals surface area contributed by atoms with Gasteiger partial charge in [0.1, 0.15) is 18.2 Å². The average Bonchev–Trinajstić information content (AvgIpc) is 3.58. The van der Waals surface area contributed by atoms with E-state index in [1.165, 1.54) is 18.2 Å². The molecule has 0 aliphatic carbocycles. The fraction of sp³-hybridized carbons (Fsp3) is 0.320. The van der Waals surface area contributed by atoms with Crippen molar-refractivity contribution in [3.63, 3.8) is 0 Å². The van der Waals surface area contributed by atoms with E-state index in [2.05, 4.69) is 30.9 Å². The zero-order valence-corrected chi connectivity index (χ0v) is 20.5. The van der Waals surface area contributed by atoms with E-state index >= 15 is 0 Å². The quantitative estimate of drug-likeness (QED) is 0.278. The molecule has 0 saturated heterocycles. The number of hydrogen-bond acceptors (Lipinski definition) is 8. The van der Waals surface area contributed by atoms with Crippen LogP contribution in [0.25, 0.3) is 22.8 Å². The van der Waals surface area contributed by atoms with Crippen LogP contribution in [0.15, 0.2) is 51.5 Å². The molecule has 2 N–H and O–H groups in total. The molecule has 194 valence electrons. The molecular formula is C25H26F2N6O4. The second-order valence-electron chi connectivity index (χ2n) is 8.37. The fourth-order valence-corrected chi connectivity index (χ4v) is 3.31. The first-order valence-electron chi connectivity index (χ1n) is 11.7. The van der Waals surface area contributed by atoms with E-state index in [9.17, 15) is 13.6 Å². The second-order valence-corrected chi connectivity index (χ2v) is 8.37. The van der Waals surface area contributed by atoms with Crippen LogP contribution in [0.3, 0.4) is 0 Å². The lowest BCUT2D eigenvalue weighted by Gasteiger charge is -2.13. The second kappa shape index (κ2) is 11.6. The molecule has 2 aromatic carbocycles. The van der Waals surface area contributed by atoms with Crippen LogP contribution < -0.4 is 15.4 Å². The van der Waals surface area contributed by atoms with Gasteiger partial charge < -0.3 is 24.4 Å². The van der Waals surface area contributed by atoms with Crippen molar-refractivity contribution >= 4 is 11.7 Å². The first kappa shape index (κ1) is 25.7. The highest BCUT2D eigenvalue weighted by Crippen LogP contribution is 2.29. The average molecular weight is 513 g/mol. The molecule has 4 aromatic rings. The lowest BCUT2D eigenvalue weighted by molar-refractivity contribution is 0.154. The topological polar surface area (TPSA) is 128 Å². The molecule has 0 aliphatic heterocycles. The van der Waals surface area contributed by atoms with Crippen molar-refractivity contribution in [2.45, 2.75) is 39.2 Å². The standard InChI is InChI=1S/C25H26F2N6O4/c1-4-20(35-17-8-5-15(6-9-17)21-30-23(14(2)3)36-32-21)24-31-22(33-37-24)16-7-10-19(18(27)13-16)29-25(34)28-12-11-26/h5-10,13-14,20H,4,11-12H2,1-3H3,(H2,28,29,34). The molecule has 0 saturated carbocycles. The Kier molecular flexibility index (Phi) is 8.06. The molecule has 2 amide bonds. The molecule has 10 nitrogen and oxygen atoms in total. The van der Waals surface area contributed by atoms with Crippen LogP contribution in [-0.2, 0) is 0 Å². The molecule has 0 fully saturated rings. The van der Waals surface area contributed by atoms with Gasteiger partial charge in [0, 0.05) is 23.6 Å². The minimum atomic E-state index is -0.720. The Balaban J connectivity index is 1.43. The number of amides is 2. The molecular weight excluding hydrogens is 486 g/mol. The minimum absolute atomic E-state index is 0.0664. The number of carbonyl (C=O) groups is 1. The number of anilines is 1. The van der Waals surface area contributed by atoms with Crippen LogP contribution in [-0.4, -0.2) is 39.5 Å². The van der Waals surface area contributed by atoms with Crippen molar-refractivity contribution in [3.8, 4) is 28.5 Å². The maximum absolute atomic E-state index is 14.5. The number of nitrogens with one attached hydrogen (secondary N) is 2. The smallest absolute Gasteiger partial charge is 0.319 e. The van der Waals surface area contributed by atoms with Crippen molar-refractivity contribution in [2.75, 3.05) is 18.5 Å². The van der Waals surface area contributed by atoms with Gasteiger partial charge in [-0.3, -0.25) is 0 Å². The number of halogens is 2. The maximum atomic E-state index is 14.5. The predicted octanol–water partition coefficient (Wildman–Crippen LogP) is 5.67. The van der Waals surface area contributed by atoms with Gasteiger partial charge in [0.2, 0.25) is 17.5 Å². The number of benzene rings is 2. The van der Waals surface area contributed by atoms with Crippen LogP contribution in [0.5, 0.6) is 5.75 Å². The number of ether oxygens (including phenoxy) is 1. The van der Waals surface area contributed by atoms with E-state index in [0.717, 1.165) is 5.56 Å². The van der Waals surface area contributed by atoms with Gasteiger partial charge in [-0.05, 0) is 48.9 Å². The Labute approximate surface area is 211 Å². The summed E-state index contributed by atoms with van der Waals surface area (Å²) in [6, 6.07) is 10.6. The van der Waals surface area contributed by atoms with Crippen molar-refractivity contribution in [3.05, 3.63) is 60.1 Å². The summed E-state index contributed by atoms with van der Waals surface area (Å²) in [7, 11) is 0. The van der Waals surface area contributed by atoms with Crippen molar-refractivity contribution in [2.24, 2.45) is 0 Å². The van der Waals surface area contributed by atoms with Crippen LogP contribution >= 0.6 is 0 Å². The monoisotopic (exact) mass is 512 g/mol. The Hall–Kier alpha value is -4.35. The summed E-state index contributed by atoms with van der Waals surface area (Å²) in [6.45, 7) is 4.97. The Morgan fingerprint density at radius 2 is 1.65 bits per heavy atom. The molecule has 0 radical (unpaired) electrons. The molecule has 12 heteroatoms. The summed E-state index contributed by atoms with van der Waals surface area (Å²) >= 11 is 0. The van der Waals surface area contributed by atoms with E-state index in [-0.39, 0.29) is 29.9 Å². The number of aromatic nitrogens is 4. The number of nitrogens with zero attached hydrogens (tertiary/aromatic N) is 4.